The van der Waals surface area contributed by atoms with Crippen molar-refractivity contribution in [3.05, 3.63) is 53.6 Å². The molecular formula is C20H26N6. The number of hydrogen-bond acceptors (Lipinski definition) is 3. The zero-order valence-corrected chi connectivity index (χ0v) is 15.5. The quantitative estimate of drug-likeness (QED) is 0.680. The summed E-state index contributed by atoms with van der Waals surface area (Å²) in [7, 11) is 1.99. The summed E-state index contributed by atoms with van der Waals surface area (Å²) in [4.78, 5) is 7.19. The summed E-state index contributed by atoms with van der Waals surface area (Å²) >= 11 is 0. The Balaban J connectivity index is 1.47. The van der Waals surface area contributed by atoms with Gasteiger partial charge in [0.15, 0.2) is 11.8 Å². The molecule has 1 aliphatic heterocycles. The van der Waals surface area contributed by atoms with Crippen molar-refractivity contribution in [3.8, 4) is 0 Å². The van der Waals surface area contributed by atoms with Gasteiger partial charge in [0.2, 0.25) is 0 Å². The van der Waals surface area contributed by atoms with E-state index in [1.807, 2.05) is 18.5 Å². The van der Waals surface area contributed by atoms with Crippen molar-refractivity contribution in [2.45, 2.75) is 38.8 Å². The monoisotopic (exact) mass is 350 g/mol. The van der Waals surface area contributed by atoms with Crippen LogP contribution in [-0.2, 0) is 13.6 Å². The Labute approximate surface area is 154 Å². The highest BCUT2D eigenvalue weighted by Crippen LogP contribution is 2.23. The molecule has 26 heavy (non-hydrogen) atoms. The first-order valence-electron chi connectivity index (χ1n) is 9.36. The Hall–Kier alpha value is -2.63. The van der Waals surface area contributed by atoms with Crippen molar-refractivity contribution >= 4 is 11.5 Å². The molecule has 0 amide bonds. The largest absolute Gasteiger partial charge is 0.353 e. The van der Waals surface area contributed by atoms with E-state index in [1.54, 1.807) is 0 Å². The summed E-state index contributed by atoms with van der Waals surface area (Å²) < 4.78 is 2.00. The molecule has 1 aromatic carbocycles. The lowest BCUT2D eigenvalue weighted by Crippen LogP contribution is -2.44. The third-order valence-electron chi connectivity index (χ3n) is 5.12. The Kier molecular flexibility index (Phi) is 4.73. The van der Waals surface area contributed by atoms with Gasteiger partial charge in [-0.3, -0.25) is 0 Å². The first-order valence-corrected chi connectivity index (χ1v) is 9.36. The van der Waals surface area contributed by atoms with Gasteiger partial charge in [0.25, 0.3) is 0 Å². The Morgan fingerprint density at radius 2 is 2.04 bits per heavy atom. The number of aliphatic imine (C=N–C) groups is 1. The Morgan fingerprint density at radius 3 is 2.65 bits per heavy atom. The summed E-state index contributed by atoms with van der Waals surface area (Å²) in [6, 6.07) is 11.2. The minimum atomic E-state index is 0.554. The standard InChI is InChI=1S/C20H26N6/c1-15-23-24-19(25(15)2)14-21-20(22-18-8-9-18)26-12-10-17(11-13-26)16-6-4-3-5-7-16/h3-7,10,18H,8-9,11-14H2,1-2H3,(H,21,22). The molecule has 0 unspecified atom stereocenters. The van der Waals surface area contributed by atoms with Crippen LogP contribution in [-0.4, -0.2) is 44.8 Å². The zero-order chi connectivity index (χ0) is 17.9. The highest BCUT2D eigenvalue weighted by molar-refractivity contribution is 5.82. The van der Waals surface area contributed by atoms with Crippen LogP contribution in [0.1, 0.15) is 36.5 Å². The Morgan fingerprint density at radius 1 is 1.23 bits per heavy atom. The normalized spacial score (nSPS) is 18.0. The number of aromatic nitrogens is 3. The molecule has 6 heteroatoms. The molecule has 1 saturated carbocycles. The summed E-state index contributed by atoms with van der Waals surface area (Å²) in [5.74, 6) is 2.81. The van der Waals surface area contributed by atoms with E-state index < -0.39 is 0 Å². The highest BCUT2D eigenvalue weighted by Gasteiger charge is 2.25. The molecule has 0 spiro atoms. The molecule has 0 bridgehead atoms. The molecule has 1 N–H and O–H groups in total. The van der Waals surface area contributed by atoms with Gasteiger partial charge in [-0.1, -0.05) is 36.4 Å². The lowest BCUT2D eigenvalue weighted by molar-refractivity contribution is 0.437. The fraction of sp³-hybridized carbons (Fsp3) is 0.450. The molecule has 136 valence electrons. The van der Waals surface area contributed by atoms with E-state index >= 15 is 0 Å². The summed E-state index contributed by atoms with van der Waals surface area (Å²) in [6.45, 7) is 4.39. The minimum absolute atomic E-state index is 0.554. The van der Waals surface area contributed by atoms with Crippen molar-refractivity contribution in [1.29, 1.82) is 0 Å². The lowest BCUT2D eigenvalue weighted by atomic mass is 10.00. The fourth-order valence-corrected chi connectivity index (χ4v) is 3.16. The van der Waals surface area contributed by atoms with E-state index in [0.29, 0.717) is 12.6 Å². The number of rotatable bonds is 4. The molecule has 1 aromatic heterocycles. The molecule has 4 rings (SSSR count). The molecule has 6 nitrogen and oxygen atoms in total. The summed E-state index contributed by atoms with van der Waals surface area (Å²) in [6.07, 6.45) is 5.84. The Bertz CT molecular complexity index is 816. The van der Waals surface area contributed by atoms with Gasteiger partial charge in [0, 0.05) is 26.2 Å². The van der Waals surface area contributed by atoms with Crippen LogP contribution < -0.4 is 5.32 Å². The maximum absolute atomic E-state index is 4.85. The fourth-order valence-electron chi connectivity index (χ4n) is 3.16. The lowest BCUT2D eigenvalue weighted by Gasteiger charge is -2.30. The van der Waals surface area contributed by atoms with Gasteiger partial charge in [-0.25, -0.2) is 4.99 Å². The van der Waals surface area contributed by atoms with Crippen LogP contribution in [0.3, 0.4) is 0 Å². The van der Waals surface area contributed by atoms with Gasteiger partial charge in [-0.15, -0.1) is 10.2 Å². The molecule has 1 fully saturated rings. The molecule has 0 saturated heterocycles. The van der Waals surface area contributed by atoms with Crippen molar-refractivity contribution in [3.63, 3.8) is 0 Å². The molecule has 2 heterocycles. The molecular weight excluding hydrogens is 324 g/mol. The average molecular weight is 350 g/mol. The molecule has 1 aliphatic carbocycles. The van der Waals surface area contributed by atoms with E-state index in [2.05, 4.69) is 56.8 Å². The third-order valence-corrected chi connectivity index (χ3v) is 5.12. The van der Waals surface area contributed by atoms with Crippen LogP contribution in [0.5, 0.6) is 0 Å². The predicted molar refractivity (Wildman–Crippen MR) is 104 cm³/mol. The molecule has 2 aromatic rings. The van der Waals surface area contributed by atoms with Crippen LogP contribution in [0.2, 0.25) is 0 Å². The van der Waals surface area contributed by atoms with Gasteiger partial charge in [0.05, 0.1) is 0 Å². The zero-order valence-electron chi connectivity index (χ0n) is 15.5. The van der Waals surface area contributed by atoms with Crippen LogP contribution in [0, 0.1) is 6.92 Å². The first-order chi connectivity index (χ1) is 12.7. The minimum Gasteiger partial charge on any atom is -0.353 e. The van der Waals surface area contributed by atoms with Gasteiger partial charge in [-0.2, -0.15) is 0 Å². The van der Waals surface area contributed by atoms with Crippen LogP contribution >= 0.6 is 0 Å². The smallest absolute Gasteiger partial charge is 0.194 e. The van der Waals surface area contributed by atoms with Crippen molar-refractivity contribution in [2.24, 2.45) is 12.0 Å². The maximum atomic E-state index is 4.85. The van der Waals surface area contributed by atoms with Crippen LogP contribution in [0.15, 0.2) is 41.4 Å². The number of nitrogens with one attached hydrogen (secondary N) is 1. The van der Waals surface area contributed by atoms with Gasteiger partial charge < -0.3 is 14.8 Å². The second-order valence-corrected chi connectivity index (χ2v) is 7.07. The SMILES string of the molecule is Cc1nnc(CN=C(NC2CC2)N2CC=C(c3ccccc3)CC2)n1C. The van der Waals surface area contributed by atoms with Gasteiger partial charge in [0.1, 0.15) is 12.4 Å². The first kappa shape index (κ1) is 16.8. The van der Waals surface area contributed by atoms with Crippen LogP contribution in [0.4, 0.5) is 0 Å². The molecule has 2 aliphatic rings. The molecule has 0 radical (unpaired) electrons. The third kappa shape index (κ3) is 3.79. The van der Waals surface area contributed by atoms with Crippen molar-refractivity contribution in [2.75, 3.05) is 13.1 Å². The molecule has 0 atom stereocenters. The number of benzene rings is 1. The maximum Gasteiger partial charge on any atom is 0.194 e. The van der Waals surface area contributed by atoms with E-state index in [4.69, 9.17) is 4.99 Å². The second kappa shape index (κ2) is 7.32. The second-order valence-electron chi connectivity index (χ2n) is 7.07. The van der Waals surface area contributed by atoms with Crippen LogP contribution in [0.25, 0.3) is 5.57 Å². The van der Waals surface area contributed by atoms with Gasteiger partial charge >= 0.3 is 0 Å². The number of aryl methyl sites for hydroxylation is 1. The summed E-state index contributed by atoms with van der Waals surface area (Å²) in [5, 5.41) is 12.0. The topological polar surface area (TPSA) is 58.3 Å². The number of hydrogen-bond donors (Lipinski definition) is 1. The van der Waals surface area contributed by atoms with E-state index in [0.717, 1.165) is 37.1 Å². The number of nitrogens with zero attached hydrogens (tertiary/aromatic N) is 5. The van der Waals surface area contributed by atoms with E-state index in [1.165, 1.54) is 24.0 Å². The predicted octanol–water partition coefficient (Wildman–Crippen LogP) is 2.52. The van der Waals surface area contributed by atoms with E-state index in [-0.39, 0.29) is 0 Å². The summed E-state index contributed by atoms with van der Waals surface area (Å²) in [5.41, 5.74) is 2.76. The van der Waals surface area contributed by atoms with E-state index in [9.17, 15) is 0 Å². The van der Waals surface area contributed by atoms with Crippen molar-refractivity contribution < 1.29 is 0 Å². The van der Waals surface area contributed by atoms with Crippen molar-refractivity contribution in [1.82, 2.24) is 25.0 Å². The highest BCUT2D eigenvalue weighted by atomic mass is 15.3. The average Bonchev–Trinajstić information content (AvgIpc) is 3.45. The number of guanidine groups is 1. The van der Waals surface area contributed by atoms with Gasteiger partial charge in [-0.05, 0) is 37.3 Å².